The Balaban J connectivity index is 1.66. The predicted molar refractivity (Wildman–Crippen MR) is 93.5 cm³/mol. The number of aromatic nitrogens is 1. The van der Waals surface area contributed by atoms with Gasteiger partial charge in [0.25, 0.3) is 0 Å². The first-order valence-electron chi connectivity index (χ1n) is 8.31. The smallest absolute Gasteiger partial charge is 0.317 e. The van der Waals surface area contributed by atoms with Gasteiger partial charge in [0, 0.05) is 35.6 Å². The number of urea groups is 1. The molecular weight excluding hydrogens is 328 g/mol. The molecule has 0 radical (unpaired) electrons. The molecule has 3 N–H and O–H groups in total. The Morgan fingerprint density at radius 3 is 2.75 bits per heavy atom. The zero-order chi connectivity index (χ0) is 17.7. The number of thiazole rings is 1. The maximum atomic E-state index is 12.0. The SMILES string of the molecule is CCN(CC(=O)O)C1CC(NC(=O)NCC(C)c2ncc(C)s2)C1. The van der Waals surface area contributed by atoms with Crippen molar-refractivity contribution in [2.75, 3.05) is 19.6 Å². The maximum absolute atomic E-state index is 12.0. The van der Waals surface area contributed by atoms with Crippen LogP contribution in [0.25, 0.3) is 0 Å². The van der Waals surface area contributed by atoms with Gasteiger partial charge in [-0.3, -0.25) is 9.69 Å². The van der Waals surface area contributed by atoms with Gasteiger partial charge in [-0.15, -0.1) is 11.3 Å². The number of carboxylic acid groups (broad SMARTS) is 1. The molecule has 2 rings (SSSR count). The van der Waals surface area contributed by atoms with Crippen molar-refractivity contribution in [3.05, 3.63) is 16.1 Å². The van der Waals surface area contributed by atoms with Crippen molar-refractivity contribution in [2.24, 2.45) is 0 Å². The minimum absolute atomic E-state index is 0.0603. The number of amides is 2. The number of carboxylic acids is 1. The highest BCUT2D eigenvalue weighted by Gasteiger charge is 2.34. The molecule has 0 aromatic carbocycles. The summed E-state index contributed by atoms with van der Waals surface area (Å²) in [6.45, 7) is 7.34. The van der Waals surface area contributed by atoms with Gasteiger partial charge in [0.1, 0.15) is 0 Å². The number of aryl methyl sites for hydroxylation is 1. The lowest BCUT2D eigenvalue weighted by molar-refractivity contribution is -0.139. The van der Waals surface area contributed by atoms with E-state index < -0.39 is 5.97 Å². The summed E-state index contributed by atoms with van der Waals surface area (Å²) in [5, 5.41) is 15.8. The molecule has 1 aromatic heterocycles. The second-order valence-electron chi connectivity index (χ2n) is 6.34. The molecule has 2 amide bonds. The number of nitrogens with zero attached hydrogens (tertiary/aromatic N) is 2. The van der Waals surface area contributed by atoms with Crippen molar-refractivity contribution < 1.29 is 14.7 Å². The first kappa shape index (κ1) is 18.7. The summed E-state index contributed by atoms with van der Waals surface area (Å²) in [4.78, 5) is 30.2. The molecule has 8 heteroatoms. The van der Waals surface area contributed by atoms with E-state index in [1.54, 1.807) is 11.3 Å². The van der Waals surface area contributed by atoms with Crippen LogP contribution < -0.4 is 10.6 Å². The molecule has 0 aliphatic heterocycles. The normalized spacial score (nSPS) is 21.2. The Hall–Kier alpha value is -1.67. The molecular formula is C16H26N4O3S. The van der Waals surface area contributed by atoms with E-state index in [1.165, 1.54) is 4.88 Å². The fourth-order valence-corrected chi connectivity index (χ4v) is 3.67. The third-order valence-electron chi connectivity index (χ3n) is 4.34. The zero-order valence-electron chi connectivity index (χ0n) is 14.4. The molecule has 1 aliphatic rings. The van der Waals surface area contributed by atoms with Gasteiger partial charge in [0.2, 0.25) is 0 Å². The average Bonchev–Trinajstić information content (AvgIpc) is 2.92. The van der Waals surface area contributed by atoms with Gasteiger partial charge in [0.05, 0.1) is 11.6 Å². The minimum atomic E-state index is -0.808. The summed E-state index contributed by atoms with van der Waals surface area (Å²) < 4.78 is 0. The lowest BCUT2D eigenvalue weighted by atomic mass is 9.85. The van der Waals surface area contributed by atoms with Crippen LogP contribution in [0.5, 0.6) is 0 Å². The fourth-order valence-electron chi connectivity index (χ4n) is 2.85. The summed E-state index contributed by atoms with van der Waals surface area (Å²) in [5.74, 6) is -0.618. The molecule has 0 saturated heterocycles. The fraction of sp³-hybridized carbons (Fsp3) is 0.688. The maximum Gasteiger partial charge on any atom is 0.317 e. The lowest BCUT2D eigenvalue weighted by Gasteiger charge is -2.42. The second-order valence-corrected chi connectivity index (χ2v) is 7.61. The second kappa shape index (κ2) is 8.43. The van der Waals surface area contributed by atoms with Crippen LogP contribution in [-0.2, 0) is 4.79 Å². The number of hydrogen-bond donors (Lipinski definition) is 3. The van der Waals surface area contributed by atoms with Crippen LogP contribution in [0.3, 0.4) is 0 Å². The molecule has 1 aliphatic carbocycles. The molecule has 1 fully saturated rings. The lowest BCUT2D eigenvalue weighted by Crippen LogP contribution is -2.56. The van der Waals surface area contributed by atoms with Gasteiger partial charge in [-0.1, -0.05) is 13.8 Å². The van der Waals surface area contributed by atoms with Crippen LogP contribution in [-0.4, -0.2) is 58.7 Å². The summed E-state index contributed by atoms with van der Waals surface area (Å²) in [6, 6.07) is 0.198. The number of rotatable bonds is 8. The molecule has 1 unspecified atom stereocenters. The first-order valence-corrected chi connectivity index (χ1v) is 9.13. The monoisotopic (exact) mass is 354 g/mol. The van der Waals surface area contributed by atoms with Crippen molar-refractivity contribution >= 4 is 23.3 Å². The number of carbonyl (C=O) groups excluding carboxylic acids is 1. The van der Waals surface area contributed by atoms with E-state index in [1.807, 2.05) is 31.9 Å². The Morgan fingerprint density at radius 2 is 2.21 bits per heavy atom. The molecule has 134 valence electrons. The highest BCUT2D eigenvalue weighted by atomic mass is 32.1. The Kier molecular flexibility index (Phi) is 6.56. The quantitative estimate of drug-likeness (QED) is 0.662. The van der Waals surface area contributed by atoms with Crippen molar-refractivity contribution in [1.29, 1.82) is 0 Å². The molecule has 24 heavy (non-hydrogen) atoms. The summed E-state index contributed by atoms with van der Waals surface area (Å²) in [5.41, 5.74) is 0. The van der Waals surface area contributed by atoms with E-state index in [9.17, 15) is 9.59 Å². The largest absolute Gasteiger partial charge is 0.480 e. The van der Waals surface area contributed by atoms with Gasteiger partial charge in [-0.2, -0.15) is 0 Å². The van der Waals surface area contributed by atoms with Gasteiger partial charge in [-0.05, 0) is 26.3 Å². The van der Waals surface area contributed by atoms with E-state index in [4.69, 9.17) is 5.11 Å². The van der Waals surface area contributed by atoms with Crippen molar-refractivity contribution in [3.63, 3.8) is 0 Å². The van der Waals surface area contributed by atoms with E-state index in [2.05, 4.69) is 15.6 Å². The number of nitrogens with one attached hydrogen (secondary N) is 2. The molecule has 1 aromatic rings. The summed E-state index contributed by atoms with van der Waals surface area (Å²) >= 11 is 1.65. The minimum Gasteiger partial charge on any atom is -0.480 e. The summed E-state index contributed by atoms with van der Waals surface area (Å²) in [6.07, 6.45) is 3.45. The Bertz CT molecular complexity index is 571. The van der Waals surface area contributed by atoms with E-state index in [-0.39, 0.29) is 30.6 Å². The standard InChI is InChI=1S/C16H26N4O3S/c1-4-20(9-14(21)22)13-5-12(6-13)19-16(23)18-7-10(2)15-17-8-11(3)24-15/h8,10,12-13H,4-7,9H2,1-3H3,(H,21,22)(H2,18,19,23). The topological polar surface area (TPSA) is 94.6 Å². The van der Waals surface area contributed by atoms with E-state index in [0.717, 1.165) is 17.8 Å². The van der Waals surface area contributed by atoms with Crippen LogP contribution in [0.15, 0.2) is 6.20 Å². The number of carbonyl (C=O) groups is 2. The van der Waals surface area contributed by atoms with Crippen LogP contribution in [0.2, 0.25) is 0 Å². The Labute approximate surface area is 146 Å². The number of aliphatic carboxylic acids is 1. The van der Waals surface area contributed by atoms with E-state index >= 15 is 0 Å². The zero-order valence-corrected chi connectivity index (χ0v) is 15.2. The predicted octanol–water partition coefficient (Wildman–Crippen LogP) is 1.79. The van der Waals surface area contributed by atoms with Crippen LogP contribution >= 0.6 is 11.3 Å². The van der Waals surface area contributed by atoms with Gasteiger partial charge in [0.15, 0.2) is 0 Å². The van der Waals surface area contributed by atoms with Crippen LogP contribution in [0.4, 0.5) is 4.79 Å². The van der Waals surface area contributed by atoms with Crippen LogP contribution in [0.1, 0.15) is 42.5 Å². The van der Waals surface area contributed by atoms with Gasteiger partial charge >= 0.3 is 12.0 Å². The van der Waals surface area contributed by atoms with Gasteiger partial charge < -0.3 is 15.7 Å². The third kappa shape index (κ3) is 5.17. The highest BCUT2D eigenvalue weighted by Crippen LogP contribution is 2.25. The molecule has 0 bridgehead atoms. The first-order chi connectivity index (χ1) is 11.4. The number of likely N-dealkylation sites (N-methyl/N-ethyl adjacent to an activating group) is 1. The van der Waals surface area contributed by atoms with Crippen LogP contribution in [0, 0.1) is 6.92 Å². The molecule has 1 atom stereocenters. The highest BCUT2D eigenvalue weighted by molar-refractivity contribution is 7.11. The van der Waals surface area contributed by atoms with Crippen molar-refractivity contribution in [3.8, 4) is 0 Å². The van der Waals surface area contributed by atoms with Crippen molar-refractivity contribution in [2.45, 2.75) is 51.6 Å². The van der Waals surface area contributed by atoms with E-state index in [0.29, 0.717) is 13.1 Å². The number of hydrogen-bond acceptors (Lipinski definition) is 5. The third-order valence-corrected chi connectivity index (χ3v) is 5.48. The average molecular weight is 354 g/mol. The summed E-state index contributed by atoms with van der Waals surface area (Å²) in [7, 11) is 0. The Morgan fingerprint density at radius 1 is 1.50 bits per heavy atom. The molecule has 7 nitrogen and oxygen atoms in total. The molecule has 0 spiro atoms. The van der Waals surface area contributed by atoms with Gasteiger partial charge in [-0.25, -0.2) is 9.78 Å². The molecule has 1 heterocycles. The van der Waals surface area contributed by atoms with Crippen molar-refractivity contribution in [1.82, 2.24) is 20.5 Å². The molecule has 1 saturated carbocycles.